The molecule has 39 heavy (non-hydrogen) atoms. The molecule has 3 N–H and O–H groups in total. The summed E-state index contributed by atoms with van der Waals surface area (Å²) in [6.45, 7) is 2.16. The lowest BCUT2D eigenvalue weighted by Gasteiger charge is -2.28. The number of aliphatic hydroxyl groups excluding tert-OH is 1. The molecule has 1 radical (unpaired) electrons. The number of carbonyl (C=O) groups is 1. The third kappa shape index (κ3) is 4.82. The van der Waals surface area contributed by atoms with Crippen LogP contribution in [0.3, 0.4) is 0 Å². The Kier molecular flexibility index (Phi) is 6.68. The number of aromatic amines is 1. The van der Waals surface area contributed by atoms with Crippen LogP contribution < -0.4 is 10.00 Å². The largest absolute Gasteiger partial charge is 0.503 e. The zero-order chi connectivity index (χ0) is 26.8. The molecule has 9 nitrogen and oxygen atoms in total. The van der Waals surface area contributed by atoms with E-state index in [4.69, 9.17) is 10.1 Å². The molecule has 0 fully saturated rings. The summed E-state index contributed by atoms with van der Waals surface area (Å²) >= 11 is 0. The van der Waals surface area contributed by atoms with Crippen molar-refractivity contribution in [3.05, 3.63) is 113 Å². The van der Waals surface area contributed by atoms with Crippen LogP contribution in [0, 0.1) is 0 Å². The Morgan fingerprint density at radius 3 is 2.69 bits per heavy atom. The number of benzene rings is 2. The standard InChI is InChI=1S/C29H27BN7O2/c1-2-6-23-18-35(34-33-23)28-16-14-25-29(21-9-11-22(12-10-21)32-27(39)19-38)24-13-15-26(36(24)30-37(25)28)31-17-20-7-4-3-5-8-20/h3-5,7-16,18,38H,2,6,17,19H2,1H3,(H,31,32,39)/p+1. The number of rotatable bonds is 8. The van der Waals surface area contributed by atoms with E-state index in [1.807, 2.05) is 59.4 Å². The highest BCUT2D eigenvalue weighted by Crippen LogP contribution is 2.37. The number of aliphatic hydroxyl groups is 1. The number of aryl methyl sites for hydroxylation is 1. The second-order valence-electron chi connectivity index (χ2n) is 9.42. The lowest BCUT2D eigenvalue weighted by atomic mass is 9.91. The molecule has 0 spiro atoms. The van der Waals surface area contributed by atoms with Gasteiger partial charge in [-0.1, -0.05) is 49.4 Å². The number of amidine groups is 1. The maximum atomic E-state index is 11.6. The average molecular weight is 517 g/mol. The van der Waals surface area contributed by atoms with Crippen molar-refractivity contribution in [2.24, 2.45) is 4.99 Å². The Labute approximate surface area is 227 Å². The summed E-state index contributed by atoms with van der Waals surface area (Å²) in [5.41, 5.74) is 6.86. The first-order chi connectivity index (χ1) is 19.1. The molecule has 0 saturated carbocycles. The molecule has 0 saturated heterocycles. The van der Waals surface area contributed by atoms with Crippen molar-refractivity contribution >= 4 is 30.6 Å². The molecule has 6 rings (SSSR count). The first kappa shape index (κ1) is 24.6. The molecule has 2 aromatic heterocycles. The van der Waals surface area contributed by atoms with Gasteiger partial charge in [-0.3, -0.25) is 14.3 Å². The monoisotopic (exact) mass is 517 g/mol. The van der Waals surface area contributed by atoms with E-state index in [-0.39, 0.29) is 0 Å². The Morgan fingerprint density at radius 2 is 1.92 bits per heavy atom. The minimum Gasteiger partial charge on any atom is -0.387 e. The van der Waals surface area contributed by atoms with Gasteiger partial charge in [0, 0.05) is 29.4 Å². The number of nitrogens with zero attached hydrogens (tertiary/aromatic N) is 5. The topological polar surface area (TPSA) is 102 Å². The molecule has 0 unspecified atom stereocenters. The van der Waals surface area contributed by atoms with Gasteiger partial charge in [-0.05, 0) is 53.0 Å². The van der Waals surface area contributed by atoms with E-state index in [2.05, 4.69) is 69.7 Å². The predicted molar refractivity (Wildman–Crippen MR) is 150 cm³/mol. The van der Waals surface area contributed by atoms with Crippen LogP contribution in [-0.2, 0) is 17.8 Å². The highest BCUT2D eigenvalue weighted by atomic mass is 16.3. The molecule has 0 aliphatic carbocycles. The lowest BCUT2D eigenvalue weighted by Crippen LogP contribution is -2.43. The summed E-state index contributed by atoms with van der Waals surface area (Å²) in [5.74, 6) is 1.33. The first-order valence-corrected chi connectivity index (χ1v) is 13.0. The van der Waals surface area contributed by atoms with Gasteiger partial charge in [0.2, 0.25) is 11.7 Å². The van der Waals surface area contributed by atoms with Crippen LogP contribution in [-0.4, -0.2) is 50.6 Å². The van der Waals surface area contributed by atoms with Gasteiger partial charge in [-0.25, -0.2) is 0 Å². The van der Waals surface area contributed by atoms with E-state index in [0.717, 1.165) is 58.3 Å². The third-order valence-electron chi connectivity index (χ3n) is 6.74. The van der Waals surface area contributed by atoms with Gasteiger partial charge < -0.3 is 15.2 Å². The van der Waals surface area contributed by atoms with Crippen molar-refractivity contribution in [3.63, 3.8) is 0 Å². The van der Waals surface area contributed by atoms with E-state index < -0.39 is 12.5 Å². The Morgan fingerprint density at radius 1 is 1.10 bits per heavy atom. The Balaban J connectivity index is 1.41. The quantitative estimate of drug-likeness (QED) is 0.247. The average Bonchev–Trinajstić information content (AvgIpc) is 3.70. The summed E-state index contributed by atoms with van der Waals surface area (Å²) in [6, 6.07) is 22.0. The van der Waals surface area contributed by atoms with Crippen molar-refractivity contribution in [2.45, 2.75) is 26.3 Å². The number of amides is 1. The molecule has 0 atom stereocenters. The fraction of sp³-hybridized carbons (Fsp3) is 0.172. The van der Waals surface area contributed by atoms with E-state index in [1.54, 1.807) is 0 Å². The van der Waals surface area contributed by atoms with Gasteiger partial charge in [0.15, 0.2) is 5.69 Å². The van der Waals surface area contributed by atoms with Gasteiger partial charge in [0.1, 0.15) is 18.6 Å². The number of fused-ring (bicyclic) bond motifs is 2. The smallest absolute Gasteiger partial charge is 0.387 e. The first-order valence-electron chi connectivity index (χ1n) is 13.0. The molecule has 1 amide bonds. The van der Waals surface area contributed by atoms with Crippen LogP contribution in [0.2, 0.25) is 0 Å². The normalized spacial score (nSPS) is 14.9. The minimum atomic E-state index is -0.556. The van der Waals surface area contributed by atoms with E-state index >= 15 is 0 Å². The van der Waals surface area contributed by atoms with Gasteiger partial charge in [0.05, 0.1) is 12.2 Å². The van der Waals surface area contributed by atoms with Crippen molar-refractivity contribution < 1.29 is 14.6 Å². The van der Waals surface area contributed by atoms with Crippen LogP contribution in [0.25, 0.3) is 11.4 Å². The highest BCUT2D eigenvalue weighted by molar-refractivity contribution is 6.41. The van der Waals surface area contributed by atoms with Crippen LogP contribution in [0.4, 0.5) is 5.69 Å². The summed E-state index contributed by atoms with van der Waals surface area (Å²) in [6.07, 6.45) is 8.09. The van der Waals surface area contributed by atoms with E-state index in [1.165, 1.54) is 0 Å². The van der Waals surface area contributed by atoms with Gasteiger partial charge in [-0.2, -0.15) is 0 Å². The summed E-state index contributed by atoms with van der Waals surface area (Å²) in [7, 11) is 2.07. The summed E-state index contributed by atoms with van der Waals surface area (Å²) in [4.78, 5) is 18.7. The lowest BCUT2D eigenvalue weighted by molar-refractivity contribution is -0.663. The van der Waals surface area contributed by atoms with Crippen LogP contribution in [0.1, 0.15) is 35.9 Å². The third-order valence-corrected chi connectivity index (χ3v) is 6.74. The van der Waals surface area contributed by atoms with Crippen LogP contribution in [0.15, 0.2) is 95.8 Å². The number of hydrogen-bond donors (Lipinski definition) is 3. The fourth-order valence-electron chi connectivity index (χ4n) is 4.89. The molecule has 4 aromatic rings. The summed E-state index contributed by atoms with van der Waals surface area (Å²) in [5, 5.41) is 19.4. The molecule has 193 valence electrons. The van der Waals surface area contributed by atoms with Gasteiger partial charge >= 0.3 is 7.55 Å². The number of H-pyrrole nitrogens is 1. The predicted octanol–water partition coefficient (Wildman–Crippen LogP) is 3.00. The number of carbonyl (C=O) groups excluding carboxylic acids is 1. The van der Waals surface area contributed by atoms with E-state index in [9.17, 15) is 4.79 Å². The van der Waals surface area contributed by atoms with Crippen molar-refractivity contribution in [2.75, 3.05) is 11.9 Å². The number of nitrogens with one attached hydrogen (secondary N) is 2. The number of allylic oxidation sites excluding steroid dienone is 1. The second-order valence-corrected chi connectivity index (χ2v) is 9.42. The number of aromatic nitrogens is 4. The van der Waals surface area contributed by atoms with Gasteiger partial charge in [-0.15, -0.1) is 9.90 Å². The van der Waals surface area contributed by atoms with Gasteiger partial charge in [0.25, 0.3) is 0 Å². The zero-order valence-corrected chi connectivity index (χ0v) is 21.6. The number of aliphatic imine (C=N–C) groups is 1. The molecular formula is C29H28BN7O2+. The van der Waals surface area contributed by atoms with Crippen molar-refractivity contribution in [1.29, 1.82) is 0 Å². The Hall–Kier alpha value is -4.70. The highest BCUT2D eigenvalue weighted by Gasteiger charge is 2.36. The molecule has 2 aliphatic rings. The second kappa shape index (κ2) is 10.6. The number of hydrogen-bond acceptors (Lipinski definition) is 4. The molecule has 0 bridgehead atoms. The molecule has 2 aromatic carbocycles. The van der Waals surface area contributed by atoms with Crippen molar-refractivity contribution in [1.82, 2.24) is 19.6 Å². The van der Waals surface area contributed by atoms with E-state index in [0.29, 0.717) is 12.2 Å². The molecule has 2 aliphatic heterocycles. The number of anilines is 1. The molecule has 4 heterocycles. The summed E-state index contributed by atoms with van der Waals surface area (Å²) < 4.78 is 4.07. The SMILES string of the molecule is CCCc1c[n+](-c2ccc3n2[B]N2C(=NCc4ccccc4)C=CC2=C3c2ccc(NC(=O)CO)cc2)[nH]n1. The van der Waals surface area contributed by atoms with Crippen LogP contribution >= 0.6 is 0 Å². The maximum Gasteiger partial charge on any atom is 0.503 e. The van der Waals surface area contributed by atoms with Crippen LogP contribution in [0.5, 0.6) is 0 Å². The molecular weight excluding hydrogens is 489 g/mol. The Bertz CT molecular complexity index is 1600. The minimum absolute atomic E-state index is 0.446. The fourth-order valence-corrected chi connectivity index (χ4v) is 4.89. The molecule has 10 heteroatoms. The zero-order valence-electron chi connectivity index (χ0n) is 21.6. The maximum absolute atomic E-state index is 11.6. The van der Waals surface area contributed by atoms with Crippen molar-refractivity contribution in [3.8, 4) is 5.82 Å².